The third-order valence-corrected chi connectivity index (χ3v) is 6.33. The van der Waals surface area contributed by atoms with Crippen molar-refractivity contribution in [2.75, 3.05) is 32.9 Å². The summed E-state index contributed by atoms with van der Waals surface area (Å²) in [5.74, 6) is 0. The van der Waals surface area contributed by atoms with Crippen LogP contribution in [0.5, 0.6) is 0 Å². The number of likely N-dealkylation sites (N-methyl/N-ethyl adjacent to an activating group) is 1. The lowest BCUT2D eigenvalue weighted by atomic mass is 10.1. The van der Waals surface area contributed by atoms with Gasteiger partial charge in [0.05, 0.1) is 5.69 Å². The molecule has 2 rings (SSSR count). The van der Waals surface area contributed by atoms with E-state index >= 15 is 0 Å². The molecule has 1 aliphatic heterocycles. The molecule has 6 heteroatoms. The molecule has 0 amide bonds. The van der Waals surface area contributed by atoms with Gasteiger partial charge in [0.25, 0.3) is 0 Å². The van der Waals surface area contributed by atoms with Gasteiger partial charge in [0.2, 0.25) is 10.0 Å². The molecule has 0 spiro atoms. The van der Waals surface area contributed by atoms with Crippen molar-refractivity contribution in [3.05, 3.63) is 23.3 Å². The van der Waals surface area contributed by atoms with E-state index in [1.807, 2.05) is 38.9 Å². The molecule has 21 heavy (non-hydrogen) atoms. The fourth-order valence-electron chi connectivity index (χ4n) is 3.00. The zero-order valence-corrected chi connectivity index (χ0v) is 14.1. The molecule has 2 N–H and O–H groups in total. The first-order valence-corrected chi connectivity index (χ1v) is 8.71. The zero-order valence-electron chi connectivity index (χ0n) is 13.3. The first-order chi connectivity index (χ1) is 9.75. The predicted molar refractivity (Wildman–Crippen MR) is 85.8 cm³/mol. The summed E-state index contributed by atoms with van der Waals surface area (Å²) >= 11 is 0. The van der Waals surface area contributed by atoms with Gasteiger partial charge in [-0.2, -0.15) is 4.31 Å². The monoisotopic (exact) mass is 311 g/mol. The lowest BCUT2D eigenvalue weighted by molar-refractivity contribution is 0.291. The highest BCUT2D eigenvalue weighted by molar-refractivity contribution is 7.89. The average Bonchev–Trinajstić information content (AvgIpc) is 2.82. The Labute approximate surface area is 127 Å². The van der Waals surface area contributed by atoms with Crippen LogP contribution in [-0.4, -0.2) is 50.8 Å². The molecule has 0 aliphatic carbocycles. The summed E-state index contributed by atoms with van der Waals surface area (Å²) < 4.78 is 27.7. The standard InChI is InChI=1S/C15H25N3O2S/c1-11-7-8-14(16)15(12(11)2)21(19,20)18-9-5-6-13(18)10-17(3)4/h7-8,13H,5-6,9-10,16H2,1-4H3. The Bertz CT molecular complexity index is 626. The fraction of sp³-hybridized carbons (Fsp3) is 0.600. The number of sulfonamides is 1. The summed E-state index contributed by atoms with van der Waals surface area (Å²) in [5.41, 5.74) is 8.02. The Kier molecular flexibility index (Phi) is 4.60. The smallest absolute Gasteiger partial charge is 0.245 e. The first kappa shape index (κ1) is 16.3. The van der Waals surface area contributed by atoms with Gasteiger partial charge >= 0.3 is 0 Å². The van der Waals surface area contributed by atoms with Crippen LogP contribution < -0.4 is 5.73 Å². The molecule has 1 aliphatic rings. The summed E-state index contributed by atoms with van der Waals surface area (Å²) in [7, 11) is 0.400. The number of hydrogen-bond acceptors (Lipinski definition) is 4. The van der Waals surface area contributed by atoms with E-state index in [0.717, 1.165) is 30.5 Å². The van der Waals surface area contributed by atoms with Crippen molar-refractivity contribution >= 4 is 15.7 Å². The number of rotatable bonds is 4. The summed E-state index contributed by atoms with van der Waals surface area (Å²) in [6.45, 7) is 5.06. The lowest BCUT2D eigenvalue weighted by Crippen LogP contribution is -2.41. The van der Waals surface area contributed by atoms with Crippen LogP contribution in [0.1, 0.15) is 24.0 Å². The summed E-state index contributed by atoms with van der Waals surface area (Å²) in [4.78, 5) is 2.32. The first-order valence-electron chi connectivity index (χ1n) is 7.27. The normalized spacial score (nSPS) is 20.3. The van der Waals surface area contributed by atoms with E-state index in [1.165, 1.54) is 0 Å². The third kappa shape index (κ3) is 3.07. The highest BCUT2D eigenvalue weighted by Gasteiger charge is 2.37. The van der Waals surface area contributed by atoms with Crippen molar-refractivity contribution in [2.45, 2.75) is 37.6 Å². The Morgan fingerprint density at radius 1 is 1.33 bits per heavy atom. The maximum Gasteiger partial charge on any atom is 0.245 e. The molecule has 1 aromatic carbocycles. The Morgan fingerprint density at radius 2 is 2.00 bits per heavy atom. The van der Waals surface area contributed by atoms with Gasteiger partial charge in [-0.05, 0) is 58.0 Å². The van der Waals surface area contributed by atoms with Crippen LogP contribution in [-0.2, 0) is 10.0 Å². The Morgan fingerprint density at radius 3 is 2.62 bits per heavy atom. The topological polar surface area (TPSA) is 66.6 Å². The molecule has 0 aromatic heterocycles. The number of nitrogen functional groups attached to an aromatic ring is 1. The van der Waals surface area contributed by atoms with Crippen molar-refractivity contribution in [2.24, 2.45) is 0 Å². The van der Waals surface area contributed by atoms with Crippen LogP contribution in [0.15, 0.2) is 17.0 Å². The maximum atomic E-state index is 13.0. The second-order valence-corrected chi connectivity index (χ2v) is 7.93. The van der Waals surface area contributed by atoms with Crippen LogP contribution in [0.2, 0.25) is 0 Å². The molecular weight excluding hydrogens is 286 g/mol. The summed E-state index contributed by atoms with van der Waals surface area (Å²) in [6, 6.07) is 3.58. The SMILES string of the molecule is Cc1ccc(N)c(S(=O)(=O)N2CCCC2CN(C)C)c1C. The molecule has 0 saturated carbocycles. The predicted octanol–water partition coefficient (Wildman–Crippen LogP) is 1.60. The third-order valence-electron chi connectivity index (χ3n) is 4.17. The Hall–Kier alpha value is -1.11. The number of benzene rings is 1. The molecule has 5 nitrogen and oxygen atoms in total. The molecule has 1 atom stereocenters. The van der Waals surface area contributed by atoms with E-state index in [1.54, 1.807) is 10.4 Å². The number of aryl methyl sites for hydroxylation is 1. The van der Waals surface area contributed by atoms with E-state index in [0.29, 0.717) is 12.2 Å². The van der Waals surface area contributed by atoms with E-state index in [4.69, 9.17) is 5.73 Å². The minimum absolute atomic E-state index is 0.0318. The molecule has 0 bridgehead atoms. The van der Waals surface area contributed by atoms with E-state index in [2.05, 4.69) is 0 Å². The van der Waals surface area contributed by atoms with Gasteiger partial charge in [0.1, 0.15) is 4.90 Å². The van der Waals surface area contributed by atoms with Gasteiger partial charge in [0, 0.05) is 19.1 Å². The van der Waals surface area contributed by atoms with Crippen LogP contribution in [0.3, 0.4) is 0 Å². The van der Waals surface area contributed by atoms with Gasteiger partial charge < -0.3 is 10.6 Å². The molecule has 1 saturated heterocycles. The average molecular weight is 311 g/mol. The lowest BCUT2D eigenvalue weighted by Gasteiger charge is -2.27. The Balaban J connectivity index is 2.45. The van der Waals surface area contributed by atoms with Crippen molar-refractivity contribution in [3.8, 4) is 0 Å². The second-order valence-electron chi connectivity index (χ2n) is 6.10. The molecule has 0 radical (unpaired) electrons. The summed E-state index contributed by atoms with van der Waals surface area (Å²) in [6.07, 6.45) is 1.81. The molecule has 1 unspecified atom stereocenters. The van der Waals surface area contributed by atoms with Crippen LogP contribution in [0.4, 0.5) is 5.69 Å². The van der Waals surface area contributed by atoms with Crippen molar-refractivity contribution < 1.29 is 8.42 Å². The number of nitrogens with two attached hydrogens (primary N) is 1. The van der Waals surface area contributed by atoms with Crippen molar-refractivity contribution in [1.29, 1.82) is 0 Å². The second kappa shape index (κ2) is 5.94. The highest BCUT2D eigenvalue weighted by Crippen LogP contribution is 2.32. The molecule has 1 heterocycles. The zero-order chi connectivity index (χ0) is 15.8. The van der Waals surface area contributed by atoms with E-state index < -0.39 is 10.0 Å². The highest BCUT2D eigenvalue weighted by atomic mass is 32.2. The van der Waals surface area contributed by atoms with Crippen LogP contribution >= 0.6 is 0 Å². The van der Waals surface area contributed by atoms with Gasteiger partial charge in [-0.15, -0.1) is 0 Å². The van der Waals surface area contributed by atoms with Crippen LogP contribution in [0.25, 0.3) is 0 Å². The van der Waals surface area contributed by atoms with E-state index in [-0.39, 0.29) is 10.9 Å². The quantitative estimate of drug-likeness (QED) is 0.858. The molecule has 1 fully saturated rings. The van der Waals surface area contributed by atoms with Gasteiger partial charge in [-0.25, -0.2) is 8.42 Å². The van der Waals surface area contributed by atoms with E-state index in [9.17, 15) is 8.42 Å². The van der Waals surface area contributed by atoms with Gasteiger partial charge in [-0.3, -0.25) is 0 Å². The maximum absolute atomic E-state index is 13.0. The molecule has 118 valence electrons. The molecule has 1 aromatic rings. The number of hydrogen-bond donors (Lipinski definition) is 1. The largest absolute Gasteiger partial charge is 0.398 e. The minimum Gasteiger partial charge on any atom is -0.398 e. The number of anilines is 1. The summed E-state index contributed by atoms with van der Waals surface area (Å²) in [5, 5.41) is 0. The van der Waals surface area contributed by atoms with Gasteiger partial charge in [0.15, 0.2) is 0 Å². The number of nitrogens with zero attached hydrogens (tertiary/aromatic N) is 2. The van der Waals surface area contributed by atoms with Crippen molar-refractivity contribution in [3.63, 3.8) is 0 Å². The molecular formula is C15H25N3O2S. The van der Waals surface area contributed by atoms with Gasteiger partial charge in [-0.1, -0.05) is 6.07 Å². The van der Waals surface area contributed by atoms with Crippen LogP contribution in [0, 0.1) is 13.8 Å². The van der Waals surface area contributed by atoms with Crippen molar-refractivity contribution in [1.82, 2.24) is 9.21 Å². The minimum atomic E-state index is -3.54. The fourth-order valence-corrected chi connectivity index (χ4v) is 5.08.